The summed E-state index contributed by atoms with van der Waals surface area (Å²) >= 11 is 0. The van der Waals surface area contributed by atoms with Crippen LogP contribution in [0.4, 0.5) is 8.78 Å². The lowest BCUT2D eigenvalue weighted by Crippen LogP contribution is -2.33. The number of hydrogen-bond acceptors (Lipinski definition) is 4. The van der Waals surface area contributed by atoms with Gasteiger partial charge < -0.3 is 20.7 Å². The van der Waals surface area contributed by atoms with Crippen molar-refractivity contribution in [2.45, 2.75) is 12.2 Å². The SMILES string of the molecule is COc1cc(C(O)C(O)C(N)=O)cc(F)c1F. The topological polar surface area (TPSA) is 92.8 Å². The van der Waals surface area contributed by atoms with Crippen LogP contribution in [0, 0.1) is 11.6 Å². The number of ether oxygens (including phenoxy) is 1. The summed E-state index contributed by atoms with van der Waals surface area (Å²) in [6.07, 6.45) is -3.67. The van der Waals surface area contributed by atoms with Gasteiger partial charge in [-0.05, 0) is 17.7 Å². The molecule has 0 saturated heterocycles. The smallest absolute Gasteiger partial charge is 0.249 e. The van der Waals surface area contributed by atoms with Gasteiger partial charge in [-0.25, -0.2) is 4.39 Å². The number of halogens is 2. The Kier molecular flexibility index (Phi) is 3.97. The monoisotopic (exact) mass is 247 g/mol. The van der Waals surface area contributed by atoms with Crippen LogP contribution in [0.1, 0.15) is 11.7 Å². The summed E-state index contributed by atoms with van der Waals surface area (Å²) in [6.45, 7) is 0. The van der Waals surface area contributed by atoms with E-state index in [9.17, 15) is 23.8 Å². The van der Waals surface area contributed by atoms with Crippen LogP contribution in [0.5, 0.6) is 5.75 Å². The van der Waals surface area contributed by atoms with Gasteiger partial charge in [0, 0.05) is 0 Å². The van der Waals surface area contributed by atoms with E-state index in [0.29, 0.717) is 6.07 Å². The van der Waals surface area contributed by atoms with E-state index in [1.807, 2.05) is 0 Å². The summed E-state index contributed by atoms with van der Waals surface area (Å²) in [5, 5.41) is 18.7. The number of nitrogens with two attached hydrogens (primary N) is 1. The minimum atomic E-state index is -1.91. The van der Waals surface area contributed by atoms with E-state index < -0.39 is 35.5 Å². The lowest BCUT2D eigenvalue weighted by molar-refractivity contribution is -0.132. The van der Waals surface area contributed by atoms with Gasteiger partial charge in [-0.1, -0.05) is 0 Å². The van der Waals surface area contributed by atoms with Crippen molar-refractivity contribution in [3.8, 4) is 5.75 Å². The largest absolute Gasteiger partial charge is 0.494 e. The Morgan fingerprint density at radius 3 is 2.47 bits per heavy atom. The Balaban J connectivity index is 3.15. The third kappa shape index (κ3) is 2.69. The fraction of sp³-hybridized carbons (Fsp3) is 0.300. The van der Waals surface area contributed by atoms with Gasteiger partial charge >= 0.3 is 0 Å². The van der Waals surface area contributed by atoms with E-state index >= 15 is 0 Å². The van der Waals surface area contributed by atoms with Gasteiger partial charge in [0.15, 0.2) is 17.7 Å². The molecule has 0 heterocycles. The first-order valence-electron chi connectivity index (χ1n) is 4.56. The zero-order valence-corrected chi connectivity index (χ0v) is 8.85. The van der Waals surface area contributed by atoms with Gasteiger partial charge in [0.05, 0.1) is 7.11 Å². The lowest BCUT2D eigenvalue weighted by atomic mass is 10.0. The molecule has 0 aliphatic heterocycles. The first kappa shape index (κ1) is 13.3. The minimum absolute atomic E-state index is 0.216. The van der Waals surface area contributed by atoms with Crippen LogP contribution in [-0.4, -0.2) is 29.3 Å². The van der Waals surface area contributed by atoms with E-state index in [4.69, 9.17) is 5.73 Å². The molecule has 0 saturated carbocycles. The number of aliphatic hydroxyl groups is 2. The molecule has 0 radical (unpaired) electrons. The first-order valence-corrected chi connectivity index (χ1v) is 4.56. The summed E-state index contributed by atoms with van der Waals surface area (Å²) in [4.78, 5) is 10.6. The van der Waals surface area contributed by atoms with Crippen molar-refractivity contribution >= 4 is 5.91 Å². The van der Waals surface area contributed by atoms with Crippen molar-refractivity contribution in [1.29, 1.82) is 0 Å². The zero-order valence-electron chi connectivity index (χ0n) is 8.85. The van der Waals surface area contributed by atoms with Crippen LogP contribution in [0.3, 0.4) is 0 Å². The predicted molar refractivity (Wildman–Crippen MR) is 53.1 cm³/mol. The van der Waals surface area contributed by atoms with Gasteiger partial charge in [0.25, 0.3) is 0 Å². The lowest BCUT2D eigenvalue weighted by Gasteiger charge is -2.16. The highest BCUT2D eigenvalue weighted by Crippen LogP contribution is 2.26. The minimum Gasteiger partial charge on any atom is -0.494 e. The maximum atomic E-state index is 13.1. The fourth-order valence-corrected chi connectivity index (χ4v) is 1.24. The Hall–Kier alpha value is -1.73. The van der Waals surface area contributed by atoms with Crippen molar-refractivity contribution in [3.63, 3.8) is 0 Å². The first-order chi connectivity index (χ1) is 7.88. The quantitative estimate of drug-likeness (QED) is 0.690. The molecule has 0 aliphatic carbocycles. The molecule has 0 spiro atoms. The third-order valence-corrected chi connectivity index (χ3v) is 2.17. The standard InChI is InChI=1S/C10H11F2NO4/c1-17-6-3-4(2-5(11)7(6)12)8(14)9(15)10(13)16/h2-3,8-9,14-15H,1H3,(H2,13,16). The number of hydrogen-bond donors (Lipinski definition) is 3. The summed E-state index contributed by atoms with van der Waals surface area (Å²) in [5.74, 6) is -4.12. The second kappa shape index (κ2) is 5.07. The zero-order chi connectivity index (χ0) is 13.2. The summed E-state index contributed by atoms with van der Waals surface area (Å²) in [6, 6.07) is 1.61. The highest BCUT2D eigenvalue weighted by Gasteiger charge is 2.25. The van der Waals surface area contributed by atoms with Crippen molar-refractivity contribution < 1.29 is 28.5 Å². The molecule has 1 amide bonds. The Bertz CT molecular complexity index is 439. The summed E-state index contributed by atoms with van der Waals surface area (Å²) < 4.78 is 30.7. The van der Waals surface area contributed by atoms with E-state index in [2.05, 4.69) is 4.74 Å². The molecule has 2 unspecified atom stereocenters. The molecule has 0 aromatic heterocycles. The van der Waals surface area contributed by atoms with E-state index in [1.54, 1.807) is 0 Å². The molecule has 1 aromatic carbocycles. The van der Waals surface area contributed by atoms with Crippen LogP contribution in [0.25, 0.3) is 0 Å². The van der Waals surface area contributed by atoms with Crippen LogP contribution >= 0.6 is 0 Å². The van der Waals surface area contributed by atoms with E-state index in [-0.39, 0.29) is 5.56 Å². The average molecular weight is 247 g/mol. The van der Waals surface area contributed by atoms with Crippen molar-refractivity contribution in [2.24, 2.45) is 5.73 Å². The average Bonchev–Trinajstić information content (AvgIpc) is 2.30. The van der Waals surface area contributed by atoms with Crippen molar-refractivity contribution in [2.75, 3.05) is 7.11 Å². The highest BCUT2D eigenvalue weighted by molar-refractivity contribution is 5.79. The number of carbonyl (C=O) groups is 1. The molecule has 17 heavy (non-hydrogen) atoms. The number of carbonyl (C=O) groups excluding carboxylic acids is 1. The predicted octanol–water partition coefficient (Wildman–Crippen LogP) is -0.147. The number of amides is 1. The van der Waals surface area contributed by atoms with Crippen molar-refractivity contribution in [1.82, 2.24) is 0 Å². The van der Waals surface area contributed by atoms with Gasteiger partial charge in [-0.15, -0.1) is 0 Å². The van der Waals surface area contributed by atoms with Crippen LogP contribution in [0.15, 0.2) is 12.1 Å². The molecule has 5 nitrogen and oxygen atoms in total. The van der Waals surface area contributed by atoms with E-state index in [1.165, 1.54) is 0 Å². The van der Waals surface area contributed by atoms with Crippen molar-refractivity contribution in [3.05, 3.63) is 29.3 Å². The molecule has 0 aliphatic rings. The molecule has 4 N–H and O–H groups in total. The molecule has 0 bridgehead atoms. The molecular weight excluding hydrogens is 236 g/mol. The molecule has 1 aromatic rings. The molecule has 7 heteroatoms. The molecule has 2 atom stereocenters. The van der Waals surface area contributed by atoms with Gasteiger partial charge in [0.1, 0.15) is 6.10 Å². The molecule has 0 fully saturated rings. The van der Waals surface area contributed by atoms with Gasteiger partial charge in [-0.3, -0.25) is 4.79 Å². The second-order valence-corrected chi connectivity index (χ2v) is 3.31. The number of benzene rings is 1. The number of rotatable bonds is 4. The number of aliphatic hydroxyl groups excluding tert-OH is 2. The normalized spacial score (nSPS) is 14.2. The summed E-state index contributed by atoms with van der Waals surface area (Å²) in [7, 11) is 1.11. The Labute approximate surface area is 95.4 Å². The van der Waals surface area contributed by atoms with E-state index in [0.717, 1.165) is 13.2 Å². The van der Waals surface area contributed by atoms with Crippen LogP contribution in [-0.2, 0) is 4.79 Å². The molecule has 94 valence electrons. The molecule has 1 rings (SSSR count). The van der Waals surface area contributed by atoms with Gasteiger partial charge in [0.2, 0.25) is 11.7 Å². The highest BCUT2D eigenvalue weighted by atomic mass is 19.2. The second-order valence-electron chi connectivity index (χ2n) is 3.31. The third-order valence-electron chi connectivity index (χ3n) is 2.17. The number of primary amides is 1. The Morgan fingerprint density at radius 2 is 2.00 bits per heavy atom. The Morgan fingerprint density at radius 1 is 1.41 bits per heavy atom. The number of methoxy groups -OCH3 is 1. The molecular formula is C10H11F2NO4. The van der Waals surface area contributed by atoms with Gasteiger partial charge in [-0.2, -0.15) is 4.39 Å². The van der Waals surface area contributed by atoms with Crippen LogP contribution < -0.4 is 10.5 Å². The maximum Gasteiger partial charge on any atom is 0.249 e. The summed E-state index contributed by atoms with van der Waals surface area (Å²) in [5.41, 5.74) is 4.55. The van der Waals surface area contributed by atoms with Crippen LogP contribution in [0.2, 0.25) is 0 Å². The fourth-order valence-electron chi connectivity index (χ4n) is 1.24. The maximum absolute atomic E-state index is 13.1.